The lowest BCUT2D eigenvalue weighted by atomic mass is 9.91. The van der Waals surface area contributed by atoms with Crippen LogP contribution in [0.4, 0.5) is 14.6 Å². The van der Waals surface area contributed by atoms with Crippen LogP contribution >= 0.6 is 0 Å². The van der Waals surface area contributed by atoms with Crippen LogP contribution in [0.3, 0.4) is 0 Å². The molecule has 232 valence electrons. The van der Waals surface area contributed by atoms with Crippen LogP contribution in [0.5, 0.6) is 5.88 Å². The third kappa shape index (κ3) is 7.74. The van der Waals surface area contributed by atoms with Crippen LogP contribution < -0.4 is 9.64 Å². The Bertz CT molecular complexity index is 1460. The molecule has 5 rings (SSSR count). The molecule has 1 N–H and O–H groups in total. The first-order valence-electron chi connectivity index (χ1n) is 14.7. The van der Waals surface area contributed by atoms with E-state index in [-0.39, 0.29) is 43.2 Å². The first-order chi connectivity index (χ1) is 21.4. The predicted octanol–water partition coefficient (Wildman–Crippen LogP) is 3.58. The van der Waals surface area contributed by atoms with Gasteiger partial charge in [-0.05, 0) is 60.0 Å². The van der Waals surface area contributed by atoms with Crippen LogP contribution in [-0.2, 0) is 9.53 Å². The molecule has 0 aliphatic carbocycles. The standard InChI is InChI=1S/C32H36F2N6O4/c1-2-23-19-28(24-3-7-26(33)8-4-24)40(37-32(23)25-5-9-27(34)10-6-25)21-31(42)39-13-11-38(12-14-39)29-20-30(36-22-35-29)44-18-17-43-16-15-41/h3-10,19-20,22-23,41H,2,11-18,21H2,1H3. The molecule has 0 spiro atoms. The van der Waals surface area contributed by atoms with Gasteiger partial charge in [0.25, 0.3) is 0 Å². The van der Waals surface area contributed by atoms with E-state index in [2.05, 4.69) is 20.9 Å². The second-order valence-corrected chi connectivity index (χ2v) is 10.4. The molecule has 44 heavy (non-hydrogen) atoms. The number of hydrazone groups is 1. The molecular weight excluding hydrogens is 570 g/mol. The molecule has 3 heterocycles. The summed E-state index contributed by atoms with van der Waals surface area (Å²) in [6.45, 7) is 5.02. The predicted molar refractivity (Wildman–Crippen MR) is 162 cm³/mol. The zero-order valence-electron chi connectivity index (χ0n) is 24.6. The Morgan fingerprint density at radius 1 is 0.932 bits per heavy atom. The van der Waals surface area contributed by atoms with Crippen molar-refractivity contribution in [3.63, 3.8) is 0 Å². The number of allylic oxidation sites excluding steroid dienone is 1. The number of hydrogen-bond donors (Lipinski definition) is 1. The Morgan fingerprint density at radius 3 is 2.27 bits per heavy atom. The van der Waals surface area contributed by atoms with E-state index in [1.54, 1.807) is 40.2 Å². The van der Waals surface area contributed by atoms with Crippen molar-refractivity contribution in [2.75, 3.05) is 64.1 Å². The van der Waals surface area contributed by atoms with Gasteiger partial charge in [-0.1, -0.05) is 19.1 Å². The van der Waals surface area contributed by atoms with Crippen molar-refractivity contribution in [2.24, 2.45) is 11.0 Å². The zero-order valence-corrected chi connectivity index (χ0v) is 24.6. The SMILES string of the molecule is CCC1C=C(c2ccc(F)cc2)N(CC(=O)N2CCN(c3cc(OCCOCCO)ncn3)CC2)N=C1c1ccc(F)cc1. The number of carbonyl (C=O) groups is 1. The Hall–Kier alpha value is -4.42. The van der Waals surface area contributed by atoms with E-state index < -0.39 is 0 Å². The van der Waals surface area contributed by atoms with Gasteiger partial charge in [-0.15, -0.1) is 0 Å². The summed E-state index contributed by atoms with van der Waals surface area (Å²) in [5.74, 6) is 0.292. The van der Waals surface area contributed by atoms with Crippen molar-refractivity contribution < 1.29 is 28.2 Å². The number of rotatable bonds is 12. The van der Waals surface area contributed by atoms with Crippen LogP contribution in [0.25, 0.3) is 5.70 Å². The van der Waals surface area contributed by atoms with E-state index in [0.29, 0.717) is 51.1 Å². The van der Waals surface area contributed by atoms with E-state index in [1.807, 2.05) is 6.92 Å². The molecule has 0 bridgehead atoms. The summed E-state index contributed by atoms with van der Waals surface area (Å²) in [7, 11) is 0. The normalized spacial score (nSPS) is 16.9. The number of piperazine rings is 1. The fraction of sp³-hybridized carbons (Fsp3) is 0.375. The molecule has 3 aromatic rings. The topological polar surface area (TPSA) is 104 Å². The number of ether oxygens (including phenoxy) is 2. The third-order valence-electron chi connectivity index (χ3n) is 7.52. The van der Waals surface area contributed by atoms with E-state index >= 15 is 0 Å². The summed E-state index contributed by atoms with van der Waals surface area (Å²) >= 11 is 0. The molecule has 12 heteroatoms. The third-order valence-corrected chi connectivity index (χ3v) is 7.52. The molecule has 2 aromatic carbocycles. The molecule has 1 saturated heterocycles. The van der Waals surface area contributed by atoms with Crippen molar-refractivity contribution >= 4 is 23.1 Å². The molecule has 1 amide bonds. The lowest BCUT2D eigenvalue weighted by molar-refractivity contribution is -0.132. The van der Waals surface area contributed by atoms with Crippen molar-refractivity contribution in [3.05, 3.63) is 89.8 Å². The number of anilines is 1. The monoisotopic (exact) mass is 606 g/mol. The summed E-state index contributed by atoms with van der Waals surface area (Å²) in [6, 6.07) is 14.1. The van der Waals surface area contributed by atoms with Crippen molar-refractivity contribution in [2.45, 2.75) is 13.3 Å². The Balaban J connectivity index is 1.27. The van der Waals surface area contributed by atoms with Gasteiger partial charge >= 0.3 is 0 Å². The van der Waals surface area contributed by atoms with Crippen LogP contribution in [0.1, 0.15) is 24.5 Å². The van der Waals surface area contributed by atoms with E-state index in [9.17, 15) is 13.6 Å². The van der Waals surface area contributed by atoms with Gasteiger partial charge in [0.15, 0.2) is 0 Å². The molecule has 2 aliphatic rings. The van der Waals surface area contributed by atoms with Crippen LogP contribution in [0.15, 0.2) is 72.1 Å². The molecule has 2 aliphatic heterocycles. The molecular formula is C32H36F2N6O4. The van der Waals surface area contributed by atoms with Gasteiger partial charge in [0.2, 0.25) is 11.8 Å². The van der Waals surface area contributed by atoms with Crippen molar-refractivity contribution in [3.8, 4) is 5.88 Å². The highest BCUT2D eigenvalue weighted by Crippen LogP contribution is 2.31. The maximum Gasteiger partial charge on any atom is 0.244 e. The van der Waals surface area contributed by atoms with Gasteiger partial charge in [-0.2, -0.15) is 5.10 Å². The highest BCUT2D eigenvalue weighted by molar-refractivity contribution is 6.05. The largest absolute Gasteiger partial charge is 0.475 e. The molecule has 1 fully saturated rings. The highest BCUT2D eigenvalue weighted by Gasteiger charge is 2.29. The fourth-order valence-electron chi connectivity index (χ4n) is 5.17. The summed E-state index contributed by atoms with van der Waals surface area (Å²) in [6.07, 6.45) is 4.24. The van der Waals surface area contributed by atoms with Gasteiger partial charge in [0.1, 0.15) is 36.9 Å². The maximum atomic E-state index is 13.8. The first-order valence-corrected chi connectivity index (χ1v) is 14.7. The molecule has 1 atom stereocenters. The fourth-order valence-corrected chi connectivity index (χ4v) is 5.17. The van der Waals surface area contributed by atoms with Gasteiger partial charge in [-0.3, -0.25) is 9.80 Å². The Labute approximate surface area is 255 Å². The molecule has 0 radical (unpaired) electrons. The Morgan fingerprint density at radius 2 is 1.61 bits per heavy atom. The van der Waals surface area contributed by atoms with E-state index in [1.165, 1.54) is 30.6 Å². The number of halogens is 2. The number of aromatic nitrogens is 2. The molecule has 10 nitrogen and oxygen atoms in total. The lowest BCUT2D eigenvalue weighted by Gasteiger charge is -2.37. The lowest BCUT2D eigenvalue weighted by Crippen LogP contribution is -2.51. The second-order valence-electron chi connectivity index (χ2n) is 10.4. The summed E-state index contributed by atoms with van der Waals surface area (Å²) in [5, 5.41) is 15.4. The van der Waals surface area contributed by atoms with Crippen molar-refractivity contribution in [1.82, 2.24) is 19.9 Å². The maximum absolute atomic E-state index is 13.8. The molecule has 1 aromatic heterocycles. The number of amides is 1. The number of carbonyl (C=O) groups excluding carboxylic acids is 1. The smallest absolute Gasteiger partial charge is 0.244 e. The van der Waals surface area contributed by atoms with Gasteiger partial charge < -0.3 is 24.4 Å². The minimum Gasteiger partial charge on any atom is -0.475 e. The summed E-state index contributed by atoms with van der Waals surface area (Å²) < 4.78 is 38.3. The minimum absolute atomic E-state index is 0.00577. The molecule has 1 unspecified atom stereocenters. The Kier molecular flexibility index (Phi) is 10.5. The quantitative estimate of drug-likeness (QED) is 0.312. The number of aliphatic hydroxyl groups excluding tert-OH is 1. The molecule has 0 saturated carbocycles. The number of nitrogens with zero attached hydrogens (tertiary/aromatic N) is 6. The van der Waals surface area contributed by atoms with Gasteiger partial charge in [0, 0.05) is 38.2 Å². The second kappa shape index (κ2) is 14.8. The van der Waals surface area contributed by atoms with Gasteiger partial charge in [0.05, 0.1) is 31.2 Å². The van der Waals surface area contributed by atoms with Gasteiger partial charge in [-0.25, -0.2) is 18.7 Å². The van der Waals surface area contributed by atoms with E-state index in [0.717, 1.165) is 29.0 Å². The van der Waals surface area contributed by atoms with Crippen LogP contribution in [0, 0.1) is 17.6 Å². The number of aliphatic hydroxyl groups is 1. The average molecular weight is 607 g/mol. The minimum atomic E-state index is -0.345. The zero-order chi connectivity index (χ0) is 30.9. The first kappa shape index (κ1) is 31.0. The van der Waals surface area contributed by atoms with Crippen LogP contribution in [-0.4, -0.2) is 95.8 Å². The summed E-state index contributed by atoms with van der Waals surface area (Å²) in [4.78, 5) is 26.0. The number of benzene rings is 2. The van der Waals surface area contributed by atoms with E-state index in [4.69, 9.17) is 19.7 Å². The van der Waals surface area contributed by atoms with Crippen molar-refractivity contribution in [1.29, 1.82) is 0 Å². The number of hydrogen-bond acceptors (Lipinski definition) is 9. The average Bonchev–Trinajstić information content (AvgIpc) is 3.05. The summed E-state index contributed by atoms with van der Waals surface area (Å²) in [5.41, 5.74) is 3.01. The highest BCUT2D eigenvalue weighted by atomic mass is 19.1. The van der Waals surface area contributed by atoms with Crippen LogP contribution in [0.2, 0.25) is 0 Å².